The second kappa shape index (κ2) is 18.4. The van der Waals surface area contributed by atoms with Gasteiger partial charge < -0.3 is 10.6 Å². The molecule has 0 saturated carbocycles. The van der Waals surface area contributed by atoms with Crippen molar-refractivity contribution in [2.24, 2.45) is 5.73 Å². The van der Waals surface area contributed by atoms with Crippen LogP contribution in [0.3, 0.4) is 0 Å². The molecule has 0 fully saturated rings. The number of amides is 2. The van der Waals surface area contributed by atoms with Crippen molar-refractivity contribution in [2.45, 2.75) is 110 Å². The van der Waals surface area contributed by atoms with Gasteiger partial charge in [0.05, 0.1) is 0 Å². The Kier molecular flexibility index (Phi) is 17.6. The van der Waals surface area contributed by atoms with E-state index in [0.29, 0.717) is 6.54 Å². The maximum Gasteiger partial charge on any atom is 0.318 e. The minimum atomic E-state index is -0.397. The highest BCUT2D eigenvalue weighted by Gasteiger charge is 2.03. The third kappa shape index (κ3) is 15.9. The van der Waals surface area contributed by atoms with Crippen molar-refractivity contribution in [3.63, 3.8) is 0 Å². The van der Waals surface area contributed by atoms with Gasteiger partial charge in [-0.2, -0.15) is 0 Å². The van der Waals surface area contributed by atoms with Crippen LogP contribution >= 0.6 is 0 Å². The van der Waals surface area contributed by atoms with E-state index in [4.69, 9.17) is 5.73 Å². The van der Waals surface area contributed by atoms with Gasteiger partial charge in [-0.15, -0.1) is 0 Å². The molecule has 0 heterocycles. The molecule has 0 saturated heterocycles. The number of nitrogens with two attached hydrogens (primary N) is 1. The molecule has 0 aromatic heterocycles. The fourth-order valence-electron chi connectivity index (χ4n) is 3.12. The number of hydrogen-bond donors (Lipinski definition) is 1. The molecule has 0 bridgehead atoms. The molecule has 0 aromatic rings. The average molecular weight is 339 g/mol. The zero-order valence-electron chi connectivity index (χ0n) is 16.2. The molecule has 0 rings (SSSR count). The molecule has 0 spiro atoms. The Bertz CT molecular complexity index is 292. The second-order valence-electron chi connectivity index (χ2n) is 7.02. The van der Waals surface area contributed by atoms with E-state index in [-0.39, 0.29) is 0 Å². The van der Waals surface area contributed by atoms with Crippen LogP contribution in [0, 0.1) is 0 Å². The summed E-state index contributed by atoms with van der Waals surface area (Å²) in [6.07, 6.45) is 23.3. The quantitative estimate of drug-likeness (QED) is 0.275. The number of hydrogen-bond acceptors (Lipinski definition) is 1. The van der Waals surface area contributed by atoms with Gasteiger partial charge in [0.2, 0.25) is 0 Å². The van der Waals surface area contributed by atoms with Crippen molar-refractivity contribution in [3.05, 3.63) is 12.8 Å². The van der Waals surface area contributed by atoms with E-state index in [2.05, 4.69) is 13.5 Å². The van der Waals surface area contributed by atoms with Crippen molar-refractivity contribution >= 4 is 6.03 Å². The molecule has 2 N–H and O–H groups in total. The zero-order chi connectivity index (χ0) is 17.9. The normalized spacial score (nSPS) is 10.7. The summed E-state index contributed by atoms with van der Waals surface area (Å²) >= 11 is 0. The minimum absolute atomic E-state index is 0.397. The third-order valence-electron chi connectivity index (χ3n) is 4.76. The predicted molar refractivity (Wildman–Crippen MR) is 106 cm³/mol. The second-order valence-corrected chi connectivity index (χ2v) is 7.02. The molecule has 0 radical (unpaired) electrons. The van der Waals surface area contributed by atoms with Crippen LogP contribution in [0.15, 0.2) is 12.8 Å². The van der Waals surface area contributed by atoms with Gasteiger partial charge in [0.25, 0.3) is 0 Å². The summed E-state index contributed by atoms with van der Waals surface area (Å²) in [5, 5.41) is 0. The summed E-state index contributed by atoms with van der Waals surface area (Å²) in [6.45, 7) is 6.58. The number of carbonyl (C=O) groups excluding carboxylic acids is 1. The van der Waals surface area contributed by atoms with Crippen molar-refractivity contribution in [2.75, 3.05) is 6.54 Å². The highest BCUT2D eigenvalue weighted by molar-refractivity contribution is 5.72. The molecule has 2 amide bonds. The third-order valence-corrected chi connectivity index (χ3v) is 4.76. The molecule has 3 heteroatoms. The molecule has 0 aliphatic rings. The Labute approximate surface area is 151 Å². The monoisotopic (exact) mass is 338 g/mol. The molecular weight excluding hydrogens is 296 g/mol. The first-order valence-corrected chi connectivity index (χ1v) is 10.4. The van der Waals surface area contributed by atoms with E-state index >= 15 is 0 Å². The first-order valence-electron chi connectivity index (χ1n) is 10.4. The fourth-order valence-corrected chi connectivity index (χ4v) is 3.12. The van der Waals surface area contributed by atoms with E-state index in [1.165, 1.54) is 107 Å². The molecule has 142 valence electrons. The summed E-state index contributed by atoms with van der Waals surface area (Å²) in [7, 11) is 0. The summed E-state index contributed by atoms with van der Waals surface area (Å²) in [5.41, 5.74) is 5.23. The Hall–Kier alpha value is -0.990. The molecule has 0 aromatic carbocycles. The van der Waals surface area contributed by atoms with Crippen molar-refractivity contribution in [3.8, 4) is 0 Å². The summed E-state index contributed by atoms with van der Waals surface area (Å²) in [6, 6.07) is -0.397. The number of nitrogens with zero attached hydrogens (tertiary/aromatic N) is 1. The lowest BCUT2D eigenvalue weighted by molar-refractivity contribution is 0.224. The van der Waals surface area contributed by atoms with E-state index < -0.39 is 6.03 Å². The first kappa shape index (κ1) is 23.0. The van der Waals surface area contributed by atoms with Gasteiger partial charge >= 0.3 is 6.03 Å². The standard InChI is InChI=1S/C21H42N2O/c1-3-5-6-7-8-9-10-11-12-13-14-15-16-17-18-19-20-23(4-2)21(22)24/h4H,2-3,5-20H2,1H3,(H2,22,24). The largest absolute Gasteiger partial charge is 0.351 e. The fraction of sp³-hybridized carbons (Fsp3) is 0.857. The minimum Gasteiger partial charge on any atom is -0.351 e. The number of unbranched alkanes of at least 4 members (excludes halogenated alkanes) is 15. The molecule has 0 atom stereocenters. The van der Waals surface area contributed by atoms with Crippen molar-refractivity contribution < 1.29 is 4.79 Å². The molecule has 0 aliphatic heterocycles. The molecule has 24 heavy (non-hydrogen) atoms. The Morgan fingerprint density at radius 1 is 0.750 bits per heavy atom. The predicted octanol–water partition coefficient (Wildman–Crippen LogP) is 6.77. The first-order chi connectivity index (χ1) is 11.7. The van der Waals surface area contributed by atoms with Gasteiger partial charge in [-0.3, -0.25) is 0 Å². The SMILES string of the molecule is C=CN(CCCCCCCCCCCCCCCCCC)C(N)=O. The van der Waals surface area contributed by atoms with Crippen molar-refractivity contribution in [1.29, 1.82) is 0 Å². The lowest BCUT2D eigenvalue weighted by Gasteiger charge is -2.14. The molecule has 3 nitrogen and oxygen atoms in total. The number of rotatable bonds is 18. The van der Waals surface area contributed by atoms with Gasteiger partial charge in [-0.05, 0) is 6.42 Å². The smallest absolute Gasteiger partial charge is 0.318 e. The van der Waals surface area contributed by atoms with Gasteiger partial charge in [0.1, 0.15) is 0 Å². The van der Waals surface area contributed by atoms with E-state index in [1.807, 2.05) is 0 Å². The van der Waals surface area contributed by atoms with Crippen LogP contribution in [0.2, 0.25) is 0 Å². The maximum absolute atomic E-state index is 11.0. The molecule has 0 aliphatic carbocycles. The summed E-state index contributed by atoms with van der Waals surface area (Å²) in [4.78, 5) is 12.5. The van der Waals surface area contributed by atoms with E-state index in [1.54, 1.807) is 0 Å². The van der Waals surface area contributed by atoms with Crippen LogP contribution < -0.4 is 5.73 Å². The maximum atomic E-state index is 11.0. The van der Waals surface area contributed by atoms with Gasteiger partial charge in [0, 0.05) is 12.7 Å². The number of primary amides is 1. The van der Waals surface area contributed by atoms with Crippen LogP contribution in [0.5, 0.6) is 0 Å². The molecule has 0 unspecified atom stereocenters. The Morgan fingerprint density at radius 3 is 1.38 bits per heavy atom. The van der Waals surface area contributed by atoms with Crippen LogP contribution in [-0.4, -0.2) is 17.5 Å². The lowest BCUT2D eigenvalue weighted by Crippen LogP contribution is -2.31. The Balaban J connectivity index is 3.12. The van der Waals surface area contributed by atoms with Crippen LogP contribution in [0.4, 0.5) is 4.79 Å². The van der Waals surface area contributed by atoms with Crippen LogP contribution in [-0.2, 0) is 0 Å². The topological polar surface area (TPSA) is 46.3 Å². The summed E-state index contributed by atoms with van der Waals surface area (Å²) in [5.74, 6) is 0. The van der Waals surface area contributed by atoms with Gasteiger partial charge in [-0.25, -0.2) is 4.79 Å². The van der Waals surface area contributed by atoms with Gasteiger partial charge in [0.15, 0.2) is 0 Å². The average Bonchev–Trinajstić information content (AvgIpc) is 2.57. The van der Waals surface area contributed by atoms with E-state index in [9.17, 15) is 4.79 Å². The number of carbonyl (C=O) groups is 1. The highest BCUT2D eigenvalue weighted by atomic mass is 16.2. The lowest BCUT2D eigenvalue weighted by atomic mass is 10.0. The molecular formula is C21H42N2O. The van der Waals surface area contributed by atoms with Gasteiger partial charge in [-0.1, -0.05) is 110 Å². The van der Waals surface area contributed by atoms with Crippen LogP contribution in [0.25, 0.3) is 0 Å². The van der Waals surface area contributed by atoms with Crippen LogP contribution in [0.1, 0.15) is 110 Å². The number of urea groups is 1. The highest BCUT2D eigenvalue weighted by Crippen LogP contribution is 2.13. The Morgan fingerprint density at radius 2 is 1.08 bits per heavy atom. The summed E-state index contributed by atoms with van der Waals surface area (Å²) < 4.78 is 0. The van der Waals surface area contributed by atoms with E-state index in [0.717, 1.165) is 6.42 Å². The van der Waals surface area contributed by atoms with Crippen molar-refractivity contribution in [1.82, 2.24) is 4.90 Å². The zero-order valence-corrected chi connectivity index (χ0v) is 16.2.